The number of hydrogen-bond donors (Lipinski definition) is 0. The SMILES string of the molecule is COC(=O)CC(=O)CCC(O[Si](c1ccccc1)(c1ccccc1)C(C)(C)C)c1ccc(F)cc1. The molecule has 0 spiro atoms. The number of halogens is 1. The summed E-state index contributed by atoms with van der Waals surface area (Å²) in [6, 6.07) is 26.7. The van der Waals surface area contributed by atoms with Gasteiger partial charge in [0.25, 0.3) is 8.32 Å². The van der Waals surface area contributed by atoms with Crippen LogP contribution in [0.1, 0.15) is 51.7 Å². The molecule has 0 aliphatic rings. The first-order chi connectivity index (χ1) is 16.7. The van der Waals surface area contributed by atoms with E-state index in [1.165, 1.54) is 19.2 Å². The number of esters is 1. The smallest absolute Gasteiger partial charge is 0.313 e. The van der Waals surface area contributed by atoms with Crippen LogP contribution in [-0.4, -0.2) is 27.2 Å². The predicted molar refractivity (Wildman–Crippen MR) is 139 cm³/mol. The van der Waals surface area contributed by atoms with Crippen LogP contribution in [0.15, 0.2) is 84.9 Å². The number of ether oxygens (including phenoxy) is 1. The minimum absolute atomic E-state index is 0.148. The molecule has 35 heavy (non-hydrogen) atoms. The number of carbonyl (C=O) groups excluding carboxylic acids is 2. The van der Waals surface area contributed by atoms with E-state index in [0.717, 1.165) is 15.9 Å². The molecule has 0 aliphatic heterocycles. The fourth-order valence-electron chi connectivity index (χ4n) is 4.49. The molecule has 3 aromatic rings. The van der Waals surface area contributed by atoms with Gasteiger partial charge in [0.05, 0.1) is 13.2 Å². The van der Waals surface area contributed by atoms with Gasteiger partial charge in [-0.2, -0.15) is 0 Å². The molecule has 0 fully saturated rings. The van der Waals surface area contributed by atoms with E-state index in [1.54, 1.807) is 12.1 Å². The fraction of sp³-hybridized carbons (Fsp3) is 0.310. The van der Waals surface area contributed by atoms with Crippen molar-refractivity contribution in [1.82, 2.24) is 0 Å². The molecular weight excluding hydrogens is 459 g/mol. The molecule has 0 aliphatic carbocycles. The van der Waals surface area contributed by atoms with E-state index in [9.17, 15) is 14.0 Å². The summed E-state index contributed by atoms with van der Waals surface area (Å²) in [4.78, 5) is 24.1. The number of hydrogen-bond acceptors (Lipinski definition) is 4. The van der Waals surface area contributed by atoms with E-state index in [1.807, 2.05) is 36.4 Å². The molecule has 6 heteroatoms. The standard InChI is InChI=1S/C29H33FO4Si/c1-29(2,3)35(25-11-7-5-8-12-25,26-13-9-6-10-14-26)34-27(22-15-17-23(30)18-16-22)20-19-24(31)21-28(32)33-4/h5-18,27H,19-21H2,1-4H3. The van der Waals surface area contributed by atoms with E-state index in [4.69, 9.17) is 4.43 Å². The zero-order valence-corrected chi connectivity index (χ0v) is 21.8. The molecule has 3 rings (SSSR count). The molecule has 0 saturated heterocycles. The molecule has 4 nitrogen and oxygen atoms in total. The van der Waals surface area contributed by atoms with E-state index < -0.39 is 20.4 Å². The Balaban J connectivity index is 2.09. The molecule has 3 aromatic carbocycles. The highest BCUT2D eigenvalue weighted by Crippen LogP contribution is 2.41. The van der Waals surface area contributed by atoms with Crippen molar-refractivity contribution in [2.75, 3.05) is 7.11 Å². The monoisotopic (exact) mass is 492 g/mol. The van der Waals surface area contributed by atoms with Gasteiger partial charge in [0.2, 0.25) is 0 Å². The number of Topliss-reactive ketones (excluding diaryl/α,β-unsaturated/α-hetero) is 1. The lowest BCUT2D eigenvalue weighted by Gasteiger charge is -2.45. The fourth-order valence-corrected chi connectivity index (χ4v) is 9.18. The van der Waals surface area contributed by atoms with E-state index >= 15 is 0 Å². The number of ketones is 1. The Kier molecular flexibility index (Phi) is 8.75. The second-order valence-corrected chi connectivity index (χ2v) is 13.9. The average Bonchev–Trinajstić information content (AvgIpc) is 2.85. The van der Waals surface area contributed by atoms with Crippen molar-refractivity contribution in [3.8, 4) is 0 Å². The molecule has 184 valence electrons. The Bertz CT molecular complexity index is 1070. The van der Waals surface area contributed by atoms with Crippen molar-refractivity contribution in [1.29, 1.82) is 0 Å². The summed E-state index contributed by atoms with van der Waals surface area (Å²) in [5, 5.41) is 1.97. The molecule has 0 radical (unpaired) electrons. The molecule has 0 aromatic heterocycles. The first-order valence-corrected chi connectivity index (χ1v) is 13.7. The Morgan fingerprint density at radius 2 is 1.37 bits per heavy atom. The van der Waals surface area contributed by atoms with E-state index in [-0.39, 0.29) is 29.5 Å². The van der Waals surface area contributed by atoms with Crippen LogP contribution in [0.3, 0.4) is 0 Å². The van der Waals surface area contributed by atoms with Gasteiger partial charge in [0, 0.05) is 6.42 Å². The van der Waals surface area contributed by atoms with Crippen LogP contribution in [0.5, 0.6) is 0 Å². The summed E-state index contributed by atoms with van der Waals surface area (Å²) in [5.41, 5.74) is 0.797. The van der Waals surface area contributed by atoms with Gasteiger partial charge >= 0.3 is 5.97 Å². The molecule has 0 bridgehead atoms. The first-order valence-electron chi connectivity index (χ1n) is 11.8. The number of benzene rings is 3. The summed E-state index contributed by atoms with van der Waals surface area (Å²) < 4.78 is 25.6. The molecule has 1 atom stereocenters. The third-order valence-electron chi connectivity index (χ3n) is 6.23. The normalized spacial score (nSPS) is 12.7. The van der Waals surface area contributed by atoms with Crippen LogP contribution in [0.4, 0.5) is 4.39 Å². The van der Waals surface area contributed by atoms with Crippen molar-refractivity contribution in [2.24, 2.45) is 0 Å². The highest BCUT2D eigenvalue weighted by molar-refractivity contribution is 6.99. The zero-order valence-electron chi connectivity index (χ0n) is 20.8. The van der Waals surface area contributed by atoms with Crippen LogP contribution < -0.4 is 10.4 Å². The Hall–Kier alpha value is -3.09. The van der Waals surface area contributed by atoms with Gasteiger partial charge in [0.1, 0.15) is 18.0 Å². The van der Waals surface area contributed by atoms with E-state index in [2.05, 4.69) is 49.8 Å². The number of carbonyl (C=O) groups is 2. The molecule has 0 heterocycles. The molecule has 1 unspecified atom stereocenters. The third kappa shape index (κ3) is 6.32. The van der Waals surface area contributed by atoms with E-state index in [0.29, 0.717) is 6.42 Å². The maximum Gasteiger partial charge on any atom is 0.313 e. The minimum Gasteiger partial charge on any atom is -0.469 e. The number of methoxy groups -OCH3 is 1. The van der Waals surface area contributed by atoms with Crippen molar-refractivity contribution in [2.45, 2.75) is 51.2 Å². The van der Waals surface area contributed by atoms with Gasteiger partial charge in [-0.15, -0.1) is 0 Å². The Labute approximate surface area is 208 Å². The van der Waals surface area contributed by atoms with Gasteiger partial charge in [-0.05, 0) is 39.5 Å². The number of rotatable bonds is 10. The third-order valence-corrected chi connectivity index (χ3v) is 11.3. The summed E-state index contributed by atoms with van der Waals surface area (Å²) in [6.45, 7) is 6.55. The Morgan fingerprint density at radius 1 is 0.857 bits per heavy atom. The lowest BCUT2D eigenvalue weighted by atomic mass is 10.0. The summed E-state index contributed by atoms with van der Waals surface area (Å²) in [7, 11) is -1.65. The molecule has 0 amide bonds. The van der Waals surface area contributed by atoms with Gasteiger partial charge in [-0.25, -0.2) is 4.39 Å². The lowest BCUT2D eigenvalue weighted by molar-refractivity contribution is -0.143. The molecular formula is C29H33FO4Si. The summed E-state index contributed by atoms with van der Waals surface area (Å²) in [6.07, 6.45) is -0.226. The topological polar surface area (TPSA) is 52.6 Å². The average molecular weight is 493 g/mol. The highest BCUT2D eigenvalue weighted by atomic mass is 28.4. The largest absolute Gasteiger partial charge is 0.469 e. The first kappa shape index (κ1) is 26.5. The summed E-state index contributed by atoms with van der Waals surface area (Å²) in [5.74, 6) is -1.10. The van der Waals surface area contributed by atoms with Crippen molar-refractivity contribution in [3.63, 3.8) is 0 Å². The quantitative estimate of drug-likeness (QED) is 0.217. The van der Waals surface area contributed by atoms with Gasteiger partial charge in [-0.1, -0.05) is 93.6 Å². The molecule has 0 saturated carbocycles. The van der Waals surface area contributed by atoms with Crippen LogP contribution in [0.25, 0.3) is 0 Å². The second kappa shape index (κ2) is 11.6. The predicted octanol–water partition coefficient (Wildman–Crippen LogP) is 5.36. The minimum atomic E-state index is -2.92. The maximum absolute atomic E-state index is 13.8. The van der Waals surface area contributed by atoms with Crippen LogP contribution in [0, 0.1) is 5.82 Å². The molecule has 0 N–H and O–H groups in total. The zero-order chi connectivity index (χ0) is 25.5. The van der Waals surface area contributed by atoms with Crippen molar-refractivity contribution >= 4 is 30.4 Å². The lowest BCUT2D eigenvalue weighted by Crippen LogP contribution is -2.66. The van der Waals surface area contributed by atoms with Crippen LogP contribution in [-0.2, 0) is 18.8 Å². The van der Waals surface area contributed by atoms with Gasteiger partial charge < -0.3 is 9.16 Å². The van der Waals surface area contributed by atoms with Crippen LogP contribution in [0.2, 0.25) is 5.04 Å². The summed E-state index contributed by atoms with van der Waals surface area (Å²) >= 11 is 0. The van der Waals surface area contributed by atoms with Crippen molar-refractivity contribution in [3.05, 3.63) is 96.3 Å². The van der Waals surface area contributed by atoms with Gasteiger partial charge in [-0.3, -0.25) is 9.59 Å². The van der Waals surface area contributed by atoms with Gasteiger partial charge in [0.15, 0.2) is 0 Å². The van der Waals surface area contributed by atoms with Crippen molar-refractivity contribution < 1.29 is 23.1 Å². The highest BCUT2D eigenvalue weighted by Gasteiger charge is 2.51. The second-order valence-electron chi connectivity index (χ2n) is 9.65. The maximum atomic E-state index is 13.8. The van der Waals surface area contributed by atoms with Crippen LogP contribution >= 0.6 is 0 Å². The Morgan fingerprint density at radius 3 is 1.83 bits per heavy atom.